The van der Waals surface area contributed by atoms with Crippen molar-refractivity contribution in [2.45, 2.75) is 25.2 Å². The van der Waals surface area contributed by atoms with Gasteiger partial charge in [0.15, 0.2) is 0 Å². The lowest BCUT2D eigenvalue weighted by atomic mass is 10.1. The molecule has 142 valence electrons. The third kappa shape index (κ3) is 4.84. The molecule has 0 aromatic heterocycles. The van der Waals surface area contributed by atoms with Gasteiger partial charge in [-0.2, -0.15) is 0 Å². The highest BCUT2D eigenvalue weighted by Gasteiger charge is 2.17. The van der Waals surface area contributed by atoms with Crippen molar-refractivity contribution >= 4 is 25.7 Å². The number of anilines is 1. The van der Waals surface area contributed by atoms with Gasteiger partial charge in [0.25, 0.3) is 0 Å². The van der Waals surface area contributed by atoms with E-state index in [9.17, 15) is 16.8 Å². The number of hydrogen-bond acceptors (Lipinski definition) is 4. The number of nitrogens with zero attached hydrogens (tertiary/aromatic N) is 1. The Balaban J connectivity index is 2.07. The fourth-order valence-electron chi connectivity index (χ4n) is 2.37. The summed E-state index contributed by atoms with van der Waals surface area (Å²) in [5.41, 5.74) is 3.25. The molecule has 6 nitrogen and oxygen atoms in total. The summed E-state index contributed by atoms with van der Waals surface area (Å²) in [7, 11) is -4.05. The summed E-state index contributed by atoms with van der Waals surface area (Å²) in [4.78, 5) is 0.183. The third-order valence-corrected chi connectivity index (χ3v) is 7.33. The SMILES string of the molecule is Cc1cccc(NS(=O)(=O)CCc2ccc(S(=O)(=O)N(C)C)cc2)c1C. The number of benzene rings is 2. The zero-order chi connectivity index (χ0) is 19.5. The van der Waals surface area contributed by atoms with Crippen LogP contribution in [0.25, 0.3) is 0 Å². The Morgan fingerprint density at radius 3 is 2.12 bits per heavy atom. The Kier molecular flexibility index (Phi) is 6.10. The van der Waals surface area contributed by atoms with Crippen molar-refractivity contribution in [2.75, 3.05) is 24.6 Å². The minimum Gasteiger partial charge on any atom is -0.283 e. The molecule has 0 aliphatic carbocycles. The van der Waals surface area contributed by atoms with Crippen molar-refractivity contribution in [3.8, 4) is 0 Å². The molecule has 0 saturated carbocycles. The first-order valence-corrected chi connectivity index (χ1v) is 11.2. The Bertz CT molecular complexity index is 980. The summed E-state index contributed by atoms with van der Waals surface area (Å²) < 4.78 is 52.5. The Morgan fingerprint density at radius 1 is 0.923 bits per heavy atom. The maximum absolute atomic E-state index is 12.3. The van der Waals surface area contributed by atoms with Crippen molar-refractivity contribution in [3.05, 3.63) is 59.2 Å². The molecule has 0 aliphatic heterocycles. The number of hydrogen-bond donors (Lipinski definition) is 1. The van der Waals surface area contributed by atoms with Gasteiger partial charge in [0.2, 0.25) is 20.0 Å². The fraction of sp³-hybridized carbons (Fsp3) is 0.333. The molecule has 1 N–H and O–H groups in total. The molecule has 2 aromatic rings. The lowest BCUT2D eigenvalue weighted by Gasteiger charge is -2.13. The standard InChI is InChI=1S/C18H24N2O4S2/c1-14-6-5-7-18(15(14)2)19-25(21,22)13-12-16-8-10-17(11-9-16)26(23,24)20(3)4/h5-11,19H,12-13H2,1-4H3. The average molecular weight is 397 g/mol. The second-order valence-corrected chi connectivity index (χ2v) is 10.3. The quantitative estimate of drug-likeness (QED) is 0.780. The van der Waals surface area contributed by atoms with E-state index in [1.165, 1.54) is 26.2 Å². The van der Waals surface area contributed by atoms with Crippen molar-refractivity contribution in [1.82, 2.24) is 4.31 Å². The molecule has 0 fully saturated rings. The molecule has 0 radical (unpaired) electrons. The lowest BCUT2D eigenvalue weighted by Crippen LogP contribution is -2.22. The highest BCUT2D eigenvalue weighted by molar-refractivity contribution is 7.92. The van der Waals surface area contributed by atoms with E-state index < -0.39 is 20.0 Å². The molecule has 0 heterocycles. The van der Waals surface area contributed by atoms with E-state index in [1.807, 2.05) is 26.0 Å². The van der Waals surface area contributed by atoms with Gasteiger partial charge < -0.3 is 0 Å². The molecule has 0 atom stereocenters. The summed E-state index contributed by atoms with van der Waals surface area (Å²) >= 11 is 0. The van der Waals surface area contributed by atoms with Gasteiger partial charge in [-0.3, -0.25) is 4.72 Å². The molecule has 0 bridgehead atoms. The summed E-state index contributed by atoms with van der Waals surface area (Å²) in [6, 6.07) is 11.7. The van der Waals surface area contributed by atoms with Crippen LogP contribution >= 0.6 is 0 Å². The van der Waals surface area contributed by atoms with Crippen molar-refractivity contribution in [2.24, 2.45) is 0 Å². The van der Waals surface area contributed by atoms with Crippen LogP contribution in [0, 0.1) is 13.8 Å². The Hall–Kier alpha value is -1.90. The second kappa shape index (κ2) is 7.77. The van der Waals surface area contributed by atoms with Crippen LogP contribution in [0.2, 0.25) is 0 Å². The largest absolute Gasteiger partial charge is 0.283 e. The summed E-state index contributed by atoms with van der Waals surface area (Å²) in [6.45, 7) is 3.80. The lowest BCUT2D eigenvalue weighted by molar-refractivity contribution is 0.520. The fourth-order valence-corrected chi connectivity index (χ4v) is 4.44. The maximum atomic E-state index is 12.3. The topological polar surface area (TPSA) is 83.5 Å². The third-order valence-electron chi connectivity index (χ3n) is 4.23. The van der Waals surface area contributed by atoms with Crippen LogP contribution in [0.4, 0.5) is 5.69 Å². The molecule has 0 amide bonds. The molecule has 2 rings (SSSR count). The van der Waals surface area contributed by atoms with Gasteiger partial charge in [-0.25, -0.2) is 21.1 Å². The van der Waals surface area contributed by atoms with E-state index in [0.29, 0.717) is 12.1 Å². The van der Waals surface area contributed by atoms with E-state index >= 15 is 0 Å². The van der Waals surface area contributed by atoms with Crippen LogP contribution in [0.5, 0.6) is 0 Å². The van der Waals surface area contributed by atoms with E-state index in [1.54, 1.807) is 18.2 Å². The van der Waals surface area contributed by atoms with E-state index in [4.69, 9.17) is 0 Å². The Morgan fingerprint density at radius 2 is 1.54 bits per heavy atom. The normalized spacial score (nSPS) is 12.3. The van der Waals surface area contributed by atoms with Gasteiger partial charge in [0.1, 0.15) is 0 Å². The van der Waals surface area contributed by atoms with Gasteiger partial charge in [-0.1, -0.05) is 24.3 Å². The molecule has 0 aliphatic rings. The molecule has 0 spiro atoms. The van der Waals surface area contributed by atoms with E-state index in [2.05, 4.69) is 4.72 Å². The van der Waals surface area contributed by atoms with Gasteiger partial charge in [0, 0.05) is 14.1 Å². The number of aryl methyl sites for hydroxylation is 2. The first-order chi connectivity index (χ1) is 12.0. The number of nitrogens with one attached hydrogen (secondary N) is 1. The van der Waals surface area contributed by atoms with Crippen molar-refractivity contribution in [1.29, 1.82) is 0 Å². The van der Waals surface area contributed by atoms with Gasteiger partial charge in [-0.05, 0) is 55.2 Å². The summed E-state index contributed by atoms with van der Waals surface area (Å²) in [6.07, 6.45) is 0.294. The highest BCUT2D eigenvalue weighted by Crippen LogP contribution is 2.20. The minimum absolute atomic E-state index is 0.0832. The zero-order valence-electron chi connectivity index (χ0n) is 15.4. The van der Waals surface area contributed by atoms with Crippen LogP contribution in [-0.4, -0.2) is 41.0 Å². The molecule has 2 aromatic carbocycles. The molecule has 0 saturated heterocycles. The predicted octanol–water partition coefficient (Wildman–Crippen LogP) is 2.54. The maximum Gasteiger partial charge on any atom is 0.242 e. The molecular weight excluding hydrogens is 372 g/mol. The molecule has 26 heavy (non-hydrogen) atoms. The van der Waals surface area contributed by atoms with Crippen LogP contribution in [0.15, 0.2) is 47.4 Å². The van der Waals surface area contributed by atoms with Crippen LogP contribution in [0.1, 0.15) is 16.7 Å². The van der Waals surface area contributed by atoms with Crippen LogP contribution in [-0.2, 0) is 26.5 Å². The number of rotatable bonds is 7. The van der Waals surface area contributed by atoms with E-state index in [0.717, 1.165) is 21.0 Å². The predicted molar refractivity (Wildman–Crippen MR) is 104 cm³/mol. The Labute approximate surface area is 156 Å². The summed E-state index contributed by atoms with van der Waals surface area (Å²) in [5, 5.41) is 0. The number of sulfonamides is 2. The highest BCUT2D eigenvalue weighted by atomic mass is 32.2. The first-order valence-electron chi connectivity index (χ1n) is 8.11. The molecule has 0 unspecified atom stereocenters. The molecular formula is C18H24N2O4S2. The monoisotopic (exact) mass is 396 g/mol. The molecule has 8 heteroatoms. The minimum atomic E-state index is -3.50. The first kappa shape index (κ1) is 20.4. The van der Waals surface area contributed by atoms with Gasteiger partial charge in [0.05, 0.1) is 16.3 Å². The van der Waals surface area contributed by atoms with E-state index in [-0.39, 0.29) is 10.6 Å². The zero-order valence-corrected chi connectivity index (χ0v) is 17.0. The second-order valence-electron chi connectivity index (χ2n) is 6.35. The average Bonchev–Trinajstić information content (AvgIpc) is 2.57. The van der Waals surface area contributed by atoms with Crippen molar-refractivity contribution in [3.63, 3.8) is 0 Å². The summed E-state index contributed by atoms with van der Waals surface area (Å²) in [5.74, 6) is -0.0832. The smallest absolute Gasteiger partial charge is 0.242 e. The van der Waals surface area contributed by atoms with Gasteiger partial charge >= 0.3 is 0 Å². The van der Waals surface area contributed by atoms with Crippen LogP contribution < -0.4 is 4.72 Å². The van der Waals surface area contributed by atoms with Crippen LogP contribution in [0.3, 0.4) is 0 Å². The van der Waals surface area contributed by atoms with Crippen molar-refractivity contribution < 1.29 is 16.8 Å². The van der Waals surface area contributed by atoms with Gasteiger partial charge in [-0.15, -0.1) is 0 Å².